The lowest BCUT2D eigenvalue weighted by molar-refractivity contribution is -0.126. The van der Waals surface area contributed by atoms with E-state index in [-0.39, 0.29) is 29.9 Å². The molecular formula is C19H19F4N3O5S2. The van der Waals surface area contributed by atoms with Gasteiger partial charge in [0.25, 0.3) is 10.0 Å². The summed E-state index contributed by atoms with van der Waals surface area (Å²) in [5, 5.41) is 3.98. The number of amides is 1. The molecule has 33 heavy (non-hydrogen) atoms. The first kappa shape index (κ1) is 25.1. The number of ether oxygens (including phenoxy) is 1. The normalized spacial score (nSPS) is 15.4. The van der Waals surface area contributed by atoms with Crippen LogP contribution in [0.25, 0.3) is 0 Å². The van der Waals surface area contributed by atoms with Gasteiger partial charge >= 0.3 is 0 Å². The molecule has 2 heterocycles. The van der Waals surface area contributed by atoms with Gasteiger partial charge in [0.2, 0.25) is 17.5 Å². The van der Waals surface area contributed by atoms with Gasteiger partial charge in [0.05, 0.1) is 13.1 Å². The average Bonchev–Trinajstić information content (AvgIpc) is 3.33. The van der Waals surface area contributed by atoms with E-state index in [1.165, 1.54) is 10.4 Å². The third-order valence-electron chi connectivity index (χ3n) is 4.72. The number of halogens is 4. The number of benzene rings is 1. The van der Waals surface area contributed by atoms with Crippen molar-refractivity contribution < 1.29 is 40.3 Å². The largest absolute Gasteiger partial charge is 0.479 e. The highest BCUT2D eigenvalue weighted by Crippen LogP contribution is 2.26. The lowest BCUT2D eigenvalue weighted by Gasteiger charge is -2.33. The molecule has 3 rings (SSSR count). The van der Waals surface area contributed by atoms with E-state index in [1.54, 1.807) is 16.3 Å². The van der Waals surface area contributed by atoms with E-state index in [0.717, 1.165) is 11.3 Å². The van der Waals surface area contributed by atoms with Crippen molar-refractivity contribution in [2.45, 2.75) is 4.21 Å². The van der Waals surface area contributed by atoms with Crippen LogP contribution < -0.4 is 10.1 Å². The minimum absolute atomic E-state index is 0.0109. The summed E-state index contributed by atoms with van der Waals surface area (Å²) in [6.45, 7) is -0.553. The van der Waals surface area contributed by atoms with Gasteiger partial charge in [0, 0.05) is 32.2 Å². The number of sulfonamides is 1. The lowest BCUT2D eigenvalue weighted by Crippen LogP contribution is -2.51. The molecule has 0 atom stereocenters. The summed E-state index contributed by atoms with van der Waals surface area (Å²) in [4.78, 5) is 25.6. The molecule has 1 aromatic heterocycles. The van der Waals surface area contributed by atoms with Crippen molar-refractivity contribution in [3.63, 3.8) is 0 Å². The fourth-order valence-corrected chi connectivity index (χ4v) is 5.57. The minimum atomic E-state index is -3.57. The molecule has 0 unspecified atom stereocenters. The van der Waals surface area contributed by atoms with Gasteiger partial charge in [-0.1, -0.05) is 6.07 Å². The first-order valence-electron chi connectivity index (χ1n) is 9.59. The summed E-state index contributed by atoms with van der Waals surface area (Å²) in [6, 6.07) is 3.18. The predicted molar refractivity (Wildman–Crippen MR) is 109 cm³/mol. The van der Waals surface area contributed by atoms with Gasteiger partial charge in [-0.2, -0.15) is 13.1 Å². The second-order valence-corrected chi connectivity index (χ2v) is 10.1. The van der Waals surface area contributed by atoms with Crippen molar-refractivity contribution in [2.75, 3.05) is 45.9 Å². The topological polar surface area (TPSA) is 96.0 Å². The zero-order valence-electron chi connectivity index (χ0n) is 17.0. The summed E-state index contributed by atoms with van der Waals surface area (Å²) < 4.78 is 84.4. The molecule has 0 aliphatic carbocycles. The van der Waals surface area contributed by atoms with Crippen molar-refractivity contribution in [2.24, 2.45) is 0 Å². The van der Waals surface area contributed by atoms with Crippen LogP contribution in [0.5, 0.6) is 5.75 Å². The summed E-state index contributed by atoms with van der Waals surface area (Å²) in [7, 11) is -3.57. The molecule has 1 N–H and O–H groups in total. The maximum absolute atomic E-state index is 13.5. The number of nitrogens with one attached hydrogen (secondary N) is 1. The highest BCUT2D eigenvalue weighted by molar-refractivity contribution is 7.91. The van der Waals surface area contributed by atoms with Crippen LogP contribution >= 0.6 is 11.3 Å². The quantitative estimate of drug-likeness (QED) is 0.405. The Kier molecular flexibility index (Phi) is 8.05. The summed E-state index contributed by atoms with van der Waals surface area (Å²) in [5.41, 5.74) is 0. The van der Waals surface area contributed by atoms with Crippen LogP contribution in [0.15, 0.2) is 27.8 Å². The Hall–Kier alpha value is -2.55. The number of rotatable bonds is 9. The number of carbonyl (C=O) groups excluding carboxylic acids is 2. The van der Waals surface area contributed by atoms with Gasteiger partial charge in [-0.25, -0.2) is 17.2 Å². The van der Waals surface area contributed by atoms with E-state index in [2.05, 4.69) is 10.1 Å². The van der Waals surface area contributed by atoms with Crippen molar-refractivity contribution in [1.29, 1.82) is 0 Å². The van der Waals surface area contributed by atoms with Gasteiger partial charge in [0.1, 0.15) is 10.8 Å². The Labute approximate surface area is 190 Å². The summed E-state index contributed by atoms with van der Waals surface area (Å²) in [5.74, 6) is -9.58. The molecule has 0 saturated carbocycles. The third-order valence-corrected chi connectivity index (χ3v) is 7.99. The second kappa shape index (κ2) is 10.6. The molecule has 1 amide bonds. The Morgan fingerprint density at radius 3 is 2.27 bits per heavy atom. The SMILES string of the molecule is O=C(CNC(=O)CN1CCN(S(=O)(=O)c2cccs2)CC1)COc1c(F)c(F)cc(F)c1F. The molecule has 0 bridgehead atoms. The fourth-order valence-electron chi connectivity index (χ4n) is 3.00. The zero-order valence-corrected chi connectivity index (χ0v) is 18.7. The molecule has 14 heteroatoms. The second-order valence-electron chi connectivity index (χ2n) is 7.01. The van der Waals surface area contributed by atoms with Gasteiger partial charge in [0.15, 0.2) is 23.2 Å². The van der Waals surface area contributed by atoms with Gasteiger partial charge in [-0.05, 0) is 11.4 Å². The van der Waals surface area contributed by atoms with Crippen LogP contribution in [0.4, 0.5) is 17.6 Å². The van der Waals surface area contributed by atoms with Gasteiger partial charge in [-0.3, -0.25) is 14.5 Å². The average molecular weight is 510 g/mol. The zero-order chi connectivity index (χ0) is 24.2. The molecule has 1 aliphatic heterocycles. The number of hydrogen-bond donors (Lipinski definition) is 1. The smallest absolute Gasteiger partial charge is 0.252 e. The van der Waals surface area contributed by atoms with Crippen molar-refractivity contribution in [1.82, 2.24) is 14.5 Å². The van der Waals surface area contributed by atoms with E-state index in [1.807, 2.05) is 0 Å². The Bertz CT molecular complexity index is 1090. The van der Waals surface area contributed by atoms with E-state index in [4.69, 9.17) is 0 Å². The van der Waals surface area contributed by atoms with E-state index in [9.17, 15) is 35.6 Å². The monoisotopic (exact) mass is 509 g/mol. The molecule has 2 aromatic rings. The number of piperazine rings is 1. The summed E-state index contributed by atoms with van der Waals surface area (Å²) >= 11 is 1.12. The fraction of sp³-hybridized carbons (Fsp3) is 0.368. The molecule has 1 aromatic carbocycles. The van der Waals surface area contributed by atoms with Crippen LogP contribution in [0, 0.1) is 23.3 Å². The predicted octanol–water partition coefficient (Wildman–Crippen LogP) is 1.38. The molecule has 1 saturated heterocycles. The van der Waals surface area contributed by atoms with Crippen LogP contribution in [0.1, 0.15) is 0 Å². The molecule has 180 valence electrons. The van der Waals surface area contributed by atoms with Crippen LogP contribution in [-0.2, 0) is 19.6 Å². The number of thiophene rings is 1. The Morgan fingerprint density at radius 2 is 1.70 bits per heavy atom. The number of Topliss-reactive ketones (excluding diaryl/α,β-unsaturated/α-hetero) is 1. The van der Waals surface area contributed by atoms with Crippen LogP contribution in [0.2, 0.25) is 0 Å². The number of hydrogen-bond acceptors (Lipinski definition) is 7. The van der Waals surface area contributed by atoms with Gasteiger partial charge < -0.3 is 10.1 Å². The Morgan fingerprint density at radius 1 is 1.06 bits per heavy atom. The van der Waals surface area contributed by atoms with Crippen molar-refractivity contribution >= 4 is 33.1 Å². The summed E-state index contributed by atoms with van der Waals surface area (Å²) in [6.07, 6.45) is 0. The standard InChI is InChI=1S/C19H19F4N3O5S2/c20-13-8-14(21)18(23)19(17(13)22)31-11-12(27)9-24-15(28)10-25-3-5-26(6-4-25)33(29,30)16-2-1-7-32-16/h1-2,7-8H,3-6,9-11H2,(H,24,28). The minimum Gasteiger partial charge on any atom is -0.479 e. The van der Waals surface area contributed by atoms with E-state index >= 15 is 0 Å². The maximum Gasteiger partial charge on any atom is 0.252 e. The number of carbonyl (C=O) groups is 2. The number of nitrogens with zero attached hydrogens (tertiary/aromatic N) is 2. The molecule has 0 radical (unpaired) electrons. The van der Waals surface area contributed by atoms with Crippen molar-refractivity contribution in [3.8, 4) is 5.75 Å². The highest BCUT2D eigenvalue weighted by Gasteiger charge is 2.29. The van der Waals surface area contributed by atoms with Gasteiger partial charge in [-0.15, -0.1) is 11.3 Å². The molecule has 0 spiro atoms. The Balaban J connectivity index is 1.41. The number of ketones is 1. The molecule has 1 aliphatic rings. The van der Waals surface area contributed by atoms with E-state index in [0.29, 0.717) is 13.1 Å². The molecule has 8 nitrogen and oxygen atoms in total. The van der Waals surface area contributed by atoms with Crippen molar-refractivity contribution in [3.05, 3.63) is 46.8 Å². The first-order chi connectivity index (χ1) is 15.6. The molecule has 1 fully saturated rings. The highest BCUT2D eigenvalue weighted by atomic mass is 32.2. The third kappa shape index (κ3) is 6.07. The maximum atomic E-state index is 13.5. The first-order valence-corrected chi connectivity index (χ1v) is 11.9. The molecular weight excluding hydrogens is 490 g/mol. The lowest BCUT2D eigenvalue weighted by atomic mass is 10.3. The van der Waals surface area contributed by atoms with Crippen LogP contribution in [-0.4, -0.2) is 75.2 Å². The van der Waals surface area contributed by atoms with Crippen LogP contribution in [0.3, 0.4) is 0 Å². The van der Waals surface area contributed by atoms with E-state index < -0.39 is 63.9 Å².